The molecular formula is C76H88BClN18O10. The lowest BCUT2D eigenvalue weighted by atomic mass is 9.80. The van der Waals surface area contributed by atoms with Gasteiger partial charge in [0, 0.05) is 155 Å². The van der Waals surface area contributed by atoms with Gasteiger partial charge in [0.05, 0.1) is 107 Å². The standard InChI is InChI=1S/C35H37N9O4.C25H36BN5O4.C16H15ClN4O2/c1-22-16-41(25-20-48-21-25)11-12-43(22)24-6-7-32(37-14-24)39-30-13-23(17-40(2)35(30)47)26-8-9-36-33(29(26)19-45)44-34(46)28-18-42-10-4-3-5-31(42)27(28)15-38-44;1-17-13-30(20-15-33-16-20)9-10-31(17)19-7-8-22(27-12-19)28-21-11-18(14-29(6)23(21)32)26-34-24(2,3)25(4,5)35-26;17-13-4-5-19-15(12(13)9-22)20-16(23)11-8-21-6-2-1-3-14(21)10(11)7-18/h6-9,13-15,17-19,22,25H,3-5,10-12,16,20-21H2,1-2H3,(H,37,39);7-8,11-12,14,17,20H,9-10,13,15-16H2,1-6H3,(H,27,28);4-5,7-9,18H,1-3,6H2,(H,19,20,23)/t22-;17-;/m00./s1. The number of fused-ring (bicyclic) bond motifs is 4. The maximum absolute atomic E-state index is 13.7. The number of piperazine rings is 2. The summed E-state index contributed by atoms with van der Waals surface area (Å²) >= 11 is 5.94. The average Bonchev–Trinajstić information content (AvgIpc) is 1.40. The number of nitrogens with zero attached hydrogens (tertiary/aromatic N) is 14. The minimum atomic E-state index is -0.547. The Labute approximate surface area is 618 Å². The van der Waals surface area contributed by atoms with Crippen molar-refractivity contribution in [2.75, 3.05) is 91.4 Å². The monoisotopic (exact) mass is 1460 g/mol. The van der Waals surface area contributed by atoms with Crippen molar-refractivity contribution in [3.8, 4) is 16.9 Å². The number of rotatable bonds is 16. The van der Waals surface area contributed by atoms with Crippen molar-refractivity contribution in [2.45, 2.75) is 129 Å². The molecule has 7 aliphatic heterocycles. The number of amides is 1. The number of halogens is 1. The predicted molar refractivity (Wildman–Crippen MR) is 408 cm³/mol. The summed E-state index contributed by atoms with van der Waals surface area (Å²) in [5.41, 5.74) is 6.62. The summed E-state index contributed by atoms with van der Waals surface area (Å²) in [6.07, 6.45) is 23.9. The molecular weight excluding hydrogens is 1370 g/mol. The molecule has 16 rings (SSSR count). The Hall–Kier alpha value is -10.0. The van der Waals surface area contributed by atoms with Crippen LogP contribution in [0.4, 0.5) is 40.2 Å². The summed E-state index contributed by atoms with van der Waals surface area (Å²) in [6.45, 7) is 23.5. The van der Waals surface area contributed by atoms with Crippen LogP contribution in [0, 0.1) is 5.41 Å². The summed E-state index contributed by atoms with van der Waals surface area (Å²) in [7, 11) is 2.84. The van der Waals surface area contributed by atoms with E-state index in [9.17, 15) is 28.8 Å². The Bertz CT molecular complexity index is 4990. The number of hydrogen-bond acceptors (Lipinski definition) is 22. The van der Waals surface area contributed by atoms with Gasteiger partial charge in [0.1, 0.15) is 28.8 Å². The van der Waals surface area contributed by atoms with Gasteiger partial charge in [-0.1, -0.05) is 11.6 Å². The Morgan fingerprint density at radius 3 is 1.74 bits per heavy atom. The van der Waals surface area contributed by atoms with Gasteiger partial charge in [-0.25, -0.2) is 19.9 Å². The summed E-state index contributed by atoms with van der Waals surface area (Å²) < 4.78 is 31.4. The molecule has 28 nitrogen and oxygen atoms in total. The Morgan fingerprint density at radius 1 is 0.623 bits per heavy atom. The van der Waals surface area contributed by atoms with Gasteiger partial charge in [0.25, 0.3) is 22.6 Å². The van der Waals surface area contributed by atoms with E-state index in [1.54, 1.807) is 67.8 Å². The van der Waals surface area contributed by atoms with Gasteiger partial charge in [-0.05, 0) is 134 Å². The average molecular weight is 1460 g/mol. The fourth-order valence-corrected chi connectivity index (χ4v) is 15.1. The van der Waals surface area contributed by atoms with Crippen LogP contribution in [0.15, 0.2) is 119 Å². The highest BCUT2D eigenvalue weighted by atomic mass is 35.5. The van der Waals surface area contributed by atoms with Crippen LogP contribution in [0.3, 0.4) is 0 Å². The largest absolute Gasteiger partial charge is 0.496 e. The van der Waals surface area contributed by atoms with Crippen LogP contribution in [0.1, 0.15) is 115 Å². The smallest absolute Gasteiger partial charge is 0.399 e. The molecule has 5 fully saturated rings. The van der Waals surface area contributed by atoms with Crippen LogP contribution in [-0.2, 0) is 58.8 Å². The quantitative estimate of drug-likeness (QED) is 0.0407. The number of aryl methyl sites for hydroxylation is 5. The first-order valence-electron chi connectivity index (χ1n) is 36.2. The van der Waals surface area contributed by atoms with E-state index >= 15 is 0 Å². The van der Waals surface area contributed by atoms with E-state index in [1.165, 1.54) is 27.7 Å². The second-order valence-electron chi connectivity index (χ2n) is 29.2. The molecule has 0 unspecified atom stereocenters. The first kappa shape index (κ1) is 72.9. The molecule has 106 heavy (non-hydrogen) atoms. The van der Waals surface area contributed by atoms with Crippen LogP contribution in [0.2, 0.25) is 5.02 Å². The first-order chi connectivity index (χ1) is 51.1. The summed E-state index contributed by atoms with van der Waals surface area (Å²) in [5, 5.41) is 22.7. The van der Waals surface area contributed by atoms with E-state index in [0.717, 1.165) is 151 Å². The molecule has 1 amide bonds. The van der Waals surface area contributed by atoms with Crippen LogP contribution in [0.25, 0.3) is 27.7 Å². The molecule has 30 heteroatoms. The second-order valence-corrected chi connectivity index (χ2v) is 29.6. The van der Waals surface area contributed by atoms with Crippen molar-refractivity contribution >= 4 is 99.9 Å². The second kappa shape index (κ2) is 30.5. The molecule has 2 atom stereocenters. The number of nitrogens with one attached hydrogen (secondary N) is 4. The maximum Gasteiger partial charge on any atom is 0.496 e. The highest BCUT2D eigenvalue weighted by molar-refractivity contribution is 6.62. The fraction of sp³-hybridized carbons (Fsp3) is 0.421. The van der Waals surface area contributed by atoms with Crippen molar-refractivity contribution in [1.29, 1.82) is 5.41 Å². The van der Waals surface area contributed by atoms with Crippen LogP contribution >= 0.6 is 11.6 Å². The summed E-state index contributed by atoms with van der Waals surface area (Å²) in [5.74, 6) is 1.00. The zero-order valence-corrected chi connectivity index (χ0v) is 61.6. The van der Waals surface area contributed by atoms with Crippen molar-refractivity contribution in [1.82, 2.24) is 57.8 Å². The lowest BCUT2D eigenvalue weighted by Crippen LogP contribution is -2.59. The van der Waals surface area contributed by atoms with Gasteiger partial charge in [0.2, 0.25) is 0 Å². The molecule has 4 N–H and O–H groups in total. The van der Waals surface area contributed by atoms with Gasteiger partial charge >= 0.3 is 7.12 Å². The maximum atomic E-state index is 13.7. The number of carbonyl (C=O) groups is 3. The Kier molecular flexibility index (Phi) is 21.0. The lowest BCUT2D eigenvalue weighted by molar-refractivity contribution is -0.0691. The molecule has 552 valence electrons. The topological polar surface area (TPSA) is 301 Å². The molecule has 7 aliphatic rings. The predicted octanol–water partition coefficient (Wildman–Crippen LogP) is 7.81. The van der Waals surface area contributed by atoms with Crippen LogP contribution < -0.4 is 47.9 Å². The lowest BCUT2D eigenvalue weighted by Gasteiger charge is -2.46. The number of aromatic nitrogens is 10. The van der Waals surface area contributed by atoms with Crippen molar-refractivity contribution in [3.63, 3.8) is 0 Å². The molecule has 9 aromatic heterocycles. The number of ether oxygens (including phenoxy) is 2. The molecule has 9 aromatic rings. The minimum absolute atomic E-state index is 0.123. The summed E-state index contributed by atoms with van der Waals surface area (Å²) in [6, 6.07) is 16.4. The van der Waals surface area contributed by atoms with Gasteiger partial charge < -0.3 is 68.2 Å². The molecule has 0 radical (unpaired) electrons. The molecule has 0 saturated carbocycles. The number of hydrogen-bond donors (Lipinski definition) is 4. The van der Waals surface area contributed by atoms with Gasteiger partial charge in [-0.15, -0.1) is 0 Å². The highest BCUT2D eigenvalue weighted by Crippen LogP contribution is 2.37. The third-order valence-corrected chi connectivity index (χ3v) is 22.1. The first-order valence-corrected chi connectivity index (χ1v) is 36.5. The van der Waals surface area contributed by atoms with E-state index in [4.69, 9.17) is 35.8 Å². The third-order valence-electron chi connectivity index (χ3n) is 21.8. The van der Waals surface area contributed by atoms with Gasteiger partial charge in [0.15, 0.2) is 18.4 Å². The van der Waals surface area contributed by atoms with E-state index < -0.39 is 24.2 Å². The normalized spacial score (nSPS) is 19.3. The number of pyridine rings is 6. The van der Waals surface area contributed by atoms with E-state index in [-0.39, 0.29) is 44.5 Å². The molecule has 5 saturated heterocycles. The molecule has 0 spiro atoms. The van der Waals surface area contributed by atoms with Crippen LogP contribution in [-0.4, -0.2) is 191 Å². The molecule has 0 bridgehead atoms. The SMILES string of the molecule is C[C@H]1CN(C2COC2)CCN1c1ccc(Nc2cc(-c3ccnc(-n4ncc5c6n(cc5c4=O)CCCC6)c3C=O)cn(C)c2=O)nc1.C[C@H]1CN(C2COC2)CCN1c1ccc(Nc2cc(B3OC(C)(C)C(C)(C)O3)cn(C)c2=O)nc1.N=Cc1c(C(=O)Nc2nccc(Cl)c2C=O)cn2c1CCCC2. The Balaban J connectivity index is 0.000000143. The van der Waals surface area contributed by atoms with Gasteiger partial charge in [-0.3, -0.25) is 38.6 Å². The number of aldehydes is 2. The van der Waals surface area contributed by atoms with E-state index in [2.05, 4.69) is 85.1 Å². The fourth-order valence-electron chi connectivity index (χ4n) is 14.9. The van der Waals surface area contributed by atoms with Crippen molar-refractivity contribution in [3.05, 3.63) is 174 Å². The van der Waals surface area contributed by atoms with Crippen LogP contribution in [0.5, 0.6) is 0 Å². The Morgan fingerprint density at radius 2 is 1.19 bits per heavy atom. The van der Waals surface area contributed by atoms with E-state index in [0.29, 0.717) is 87.4 Å². The number of carbonyl (C=O) groups excluding carboxylic acids is 3. The number of anilines is 7. The molecule has 0 aromatic carbocycles. The zero-order valence-electron chi connectivity index (χ0n) is 60.9. The van der Waals surface area contributed by atoms with Gasteiger partial charge in [-0.2, -0.15) is 9.78 Å². The highest BCUT2D eigenvalue weighted by Gasteiger charge is 2.52. The minimum Gasteiger partial charge on any atom is -0.399 e. The van der Waals surface area contributed by atoms with E-state index in [1.807, 2.05) is 69.1 Å². The van der Waals surface area contributed by atoms with Crippen molar-refractivity contribution < 1.29 is 33.2 Å². The zero-order chi connectivity index (χ0) is 74.3. The third kappa shape index (κ3) is 14.6. The summed E-state index contributed by atoms with van der Waals surface area (Å²) in [4.78, 5) is 104. The molecule has 0 aliphatic carbocycles. The molecule has 16 heterocycles. The van der Waals surface area contributed by atoms with Crippen molar-refractivity contribution in [2.24, 2.45) is 14.1 Å².